The molecule has 3 aromatic rings. The second-order valence-electron chi connectivity index (χ2n) is 7.47. The summed E-state index contributed by atoms with van der Waals surface area (Å²) in [5.74, 6) is 1.52. The zero-order valence-electron chi connectivity index (χ0n) is 17.4. The van der Waals surface area contributed by atoms with E-state index in [0.717, 1.165) is 55.4 Å². The number of piperazine rings is 1. The van der Waals surface area contributed by atoms with E-state index in [-0.39, 0.29) is 11.9 Å². The summed E-state index contributed by atoms with van der Waals surface area (Å²) < 4.78 is 20.3. The molecule has 7 nitrogen and oxygen atoms in total. The topological polar surface area (TPSA) is 59.3 Å². The highest BCUT2D eigenvalue weighted by Gasteiger charge is 2.28. The zero-order valence-corrected chi connectivity index (χ0v) is 17.4. The monoisotopic (exact) mass is 410 g/mol. The molecular formula is C22H27FN6O. The second kappa shape index (κ2) is 9.21. The Hall–Kier alpha value is -3.00. The molecule has 0 N–H and O–H groups in total. The maximum Gasteiger partial charge on any atom is 0.168 e. The van der Waals surface area contributed by atoms with Crippen molar-refractivity contribution in [2.45, 2.75) is 25.9 Å². The predicted octanol–water partition coefficient (Wildman–Crippen LogP) is 3.14. The van der Waals surface area contributed by atoms with Gasteiger partial charge in [0.15, 0.2) is 5.82 Å². The molecule has 2 aromatic carbocycles. The number of halogens is 1. The number of nitrogens with zero attached hydrogens (tertiary/aromatic N) is 6. The SMILES string of the molecule is CCC(c1nnnn1Cc1ccc(OC)cc1)N1CCN(c2ccc(F)cc2)CC1. The maximum absolute atomic E-state index is 13.2. The highest BCUT2D eigenvalue weighted by atomic mass is 19.1. The minimum Gasteiger partial charge on any atom is -0.497 e. The van der Waals surface area contributed by atoms with Crippen molar-refractivity contribution in [3.8, 4) is 5.75 Å². The number of tetrazole rings is 1. The van der Waals surface area contributed by atoms with Crippen molar-refractivity contribution in [3.05, 3.63) is 65.7 Å². The van der Waals surface area contributed by atoms with Gasteiger partial charge in [-0.15, -0.1) is 5.10 Å². The van der Waals surface area contributed by atoms with Gasteiger partial charge in [0.2, 0.25) is 0 Å². The first-order chi connectivity index (χ1) is 14.7. The molecule has 158 valence electrons. The number of benzene rings is 2. The Bertz CT molecular complexity index is 935. The van der Waals surface area contributed by atoms with Crippen LogP contribution < -0.4 is 9.64 Å². The van der Waals surface area contributed by atoms with Gasteiger partial charge in [0.1, 0.15) is 11.6 Å². The van der Waals surface area contributed by atoms with Crippen LogP contribution in [0.5, 0.6) is 5.75 Å². The van der Waals surface area contributed by atoms with Crippen molar-refractivity contribution < 1.29 is 9.13 Å². The van der Waals surface area contributed by atoms with Crippen LogP contribution in [0, 0.1) is 5.82 Å². The molecule has 1 atom stereocenters. The fourth-order valence-corrected chi connectivity index (χ4v) is 4.01. The summed E-state index contributed by atoms with van der Waals surface area (Å²) in [5, 5.41) is 12.6. The van der Waals surface area contributed by atoms with Gasteiger partial charge >= 0.3 is 0 Å². The standard InChI is InChI=1S/C22H27FN6O/c1-3-21(28-14-12-27(13-15-28)19-8-6-18(23)7-9-19)22-24-25-26-29(22)16-17-4-10-20(30-2)11-5-17/h4-11,21H,3,12-16H2,1-2H3. The smallest absolute Gasteiger partial charge is 0.168 e. The van der Waals surface area contributed by atoms with Crippen molar-refractivity contribution in [3.63, 3.8) is 0 Å². The first kappa shape index (κ1) is 20.3. The van der Waals surface area contributed by atoms with Gasteiger partial charge in [-0.2, -0.15) is 0 Å². The number of anilines is 1. The van der Waals surface area contributed by atoms with Gasteiger partial charge in [0.05, 0.1) is 19.7 Å². The Morgan fingerprint density at radius 3 is 2.33 bits per heavy atom. The van der Waals surface area contributed by atoms with E-state index in [4.69, 9.17) is 4.74 Å². The molecule has 1 unspecified atom stereocenters. The van der Waals surface area contributed by atoms with E-state index in [2.05, 4.69) is 32.2 Å². The van der Waals surface area contributed by atoms with Crippen LogP contribution in [0.3, 0.4) is 0 Å². The molecule has 1 aliphatic rings. The molecule has 2 heterocycles. The van der Waals surface area contributed by atoms with Crippen LogP contribution in [0.15, 0.2) is 48.5 Å². The number of hydrogen-bond donors (Lipinski definition) is 0. The lowest BCUT2D eigenvalue weighted by Gasteiger charge is -2.39. The van der Waals surface area contributed by atoms with Crippen molar-refractivity contribution in [2.24, 2.45) is 0 Å². The molecule has 1 fully saturated rings. The lowest BCUT2D eigenvalue weighted by molar-refractivity contribution is 0.169. The molecular weight excluding hydrogens is 383 g/mol. The van der Waals surface area contributed by atoms with Gasteiger partial charge in [0, 0.05) is 31.9 Å². The lowest BCUT2D eigenvalue weighted by atomic mass is 10.1. The van der Waals surface area contributed by atoms with Crippen LogP contribution in [0.1, 0.15) is 30.8 Å². The zero-order chi connectivity index (χ0) is 20.9. The summed E-state index contributed by atoms with van der Waals surface area (Å²) in [6.07, 6.45) is 0.930. The molecule has 0 amide bonds. The Morgan fingerprint density at radius 2 is 1.70 bits per heavy atom. The Labute approximate surface area is 176 Å². The highest BCUT2D eigenvalue weighted by molar-refractivity contribution is 5.46. The molecule has 4 rings (SSSR count). The molecule has 0 spiro atoms. The van der Waals surface area contributed by atoms with E-state index < -0.39 is 0 Å². The van der Waals surface area contributed by atoms with Crippen LogP contribution in [0.2, 0.25) is 0 Å². The number of rotatable bonds is 7. The summed E-state index contributed by atoms with van der Waals surface area (Å²) in [5.41, 5.74) is 2.19. The van der Waals surface area contributed by atoms with E-state index in [1.807, 2.05) is 41.1 Å². The number of hydrogen-bond acceptors (Lipinski definition) is 6. The van der Waals surface area contributed by atoms with Crippen LogP contribution in [-0.4, -0.2) is 58.4 Å². The van der Waals surface area contributed by atoms with Gasteiger partial charge in [0.25, 0.3) is 0 Å². The van der Waals surface area contributed by atoms with Crippen LogP contribution >= 0.6 is 0 Å². The molecule has 0 aliphatic carbocycles. The normalized spacial score (nSPS) is 15.9. The van der Waals surface area contributed by atoms with Crippen molar-refractivity contribution in [1.82, 2.24) is 25.1 Å². The first-order valence-electron chi connectivity index (χ1n) is 10.3. The third-order valence-electron chi connectivity index (χ3n) is 5.68. The van der Waals surface area contributed by atoms with Gasteiger partial charge in [-0.3, -0.25) is 4.90 Å². The van der Waals surface area contributed by atoms with Crippen LogP contribution in [-0.2, 0) is 6.54 Å². The summed E-state index contributed by atoms with van der Waals surface area (Å²) in [6.45, 7) is 6.39. The molecule has 30 heavy (non-hydrogen) atoms. The number of methoxy groups -OCH3 is 1. The van der Waals surface area contributed by atoms with Gasteiger partial charge in [-0.05, 0) is 58.8 Å². The predicted molar refractivity (Wildman–Crippen MR) is 113 cm³/mol. The van der Waals surface area contributed by atoms with Crippen molar-refractivity contribution in [2.75, 3.05) is 38.2 Å². The molecule has 8 heteroatoms. The molecule has 1 aromatic heterocycles. The Kier molecular flexibility index (Phi) is 6.23. The Morgan fingerprint density at radius 1 is 1.00 bits per heavy atom. The van der Waals surface area contributed by atoms with E-state index in [9.17, 15) is 4.39 Å². The van der Waals surface area contributed by atoms with E-state index in [1.54, 1.807) is 7.11 Å². The first-order valence-corrected chi connectivity index (χ1v) is 10.3. The Balaban J connectivity index is 1.43. The highest BCUT2D eigenvalue weighted by Crippen LogP contribution is 2.26. The third kappa shape index (κ3) is 4.43. The fraction of sp³-hybridized carbons (Fsp3) is 0.409. The largest absolute Gasteiger partial charge is 0.497 e. The molecule has 1 aliphatic heterocycles. The van der Waals surface area contributed by atoms with Crippen molar-refractivity contribution in [1.29, 1.82) is 0 Å². The fourth-order valence-electron chi connectivity index (χ4n) is 4.01. The molecule has 0 bridgehead atoms. The average Bonchev–Trinajstić information content (AvgIpc) is 3.24. The molecule has 0 radical (unpaired) electrons. The lowest BCUT2D eigenvalue weighted by Crippen LogP contribution is -2.48. The second-order valence-corrected chi connectivity index (χ2v) is 7.47. The molecule has 1 saturated heterocycles. The van der Waals surface area contributed by atoms with Crippen LogP contribution in [0.25, 0.3) is 0 Å². The third-order valence-corrected chi connectivity index (χ3v) is 5.68. The van der Waals surface area contributed by atoms with E-state index in [1.165, 1.54) is 12.1 Å². The van der Waals surface area contributed by atoms with Gasteiger partial charge < -0.3 is 9.64 Å². The summed E-state index contributed by atoms with van der Waals surface area (Å²) in [6, 6.07) is 14.9. The minimum atomic E-state index is -0.202. The minimum absolute atomic E-state index is 0.161. The van der Waals surface area contributed by atoms with E-state index in [0.29, 0.717) is 6.54 Å². The number of aromatic nitrogens is 4. The average molecular weight is 410 g/mol. The van der Waals surface area contributed by atoms with Crippen LogP contribution in [0.4, 0.5) is 10.1 Å². The van der Waals surface area contributed by atoms with Gasteiger partial charge in [-0.1, -0.05) is 19.1 Å². The maximum atomic E-state index is 13.2. The summed E-state index contributed by atoms with van der Waals surface area (Å²) in [7, 11) is 1.66. The summed E-state index contributed by atoms with van der Waals surface area (Å²) in [4.78, 5) is 4.74. The summed E-state index contributed by atoms with van der Waals surface area (Å²) >= 11 is 0. The molecule has 0 saturated carbocycles. The van der Waals surface area contributed by atoms with E-state index >= 15 is 0 Å². The van der Waals surface area contributed by atoms with Crippen molar-refractivity contribution >= 4 is 5.69 Å². The van der Waals surface area contributed by atoms with Gasteiger partial charge in [-0.25, -0.2) is 9.07 Å². The quantitative estimate of drug-likeness (QED) is 0.596. The number of ether oxygens (including phenoxy) is 1.